The molecule has 1 fully saturated rings. The molecule has 0 radical (unpaired) electrons. The summed E-state index contributed by atoms with van der Waals surface area (Å²) in [5.41, 5.74) is 1.15. The molecule has 0 saturated carbocycles. The zero-order valence-corrected chi connectivity index (χ0v) is 19.6. The van der Waals surface area contributed by atoms with Crippen molar-refractivity contribution in [1.82, 2.24) is 15.1 Å². The minimum absolute atomic E-state index is 0. The molecule has 1 saturated heterocycles. The zero-order valence-electron chi connectivity index (χ0n) is 17.3. The number of methoxy groups -OCH3 is 1. The average Bonchev–Trinajstić information content (AvgIpc) is 2.66. The van der Waals surface area contributed by atoms with Gasteiger partial charge in [-0.1, -0.05) is 32.0 Å². The van der Waals surface area contributed by atoms with Crippen LogP contribution in [-0.2, 0) is 11.3 Å². The molecule has 1 aliphatic rings. The maximum atomic E-state index is 5.50. The summed E-state index contributed by atoms with van der Waals surface area (Å²) in [6.45, 7) is 9.83. The molecule has 1 unspecified atom stereocenters. The molecule has 0 aliphatic carbocycles. The monoisotopic (exact) mass is 490 g/mol. The normalized spacial score (nSPS) is 16.6. The first-order valence-corrected chi connectivity index (χ1v) is 9.42. The lowest BCUT2D eigenvalue weighted by Crippen LogP contribution is -2.52. The highest BCUT2D eigenvalue weighted by Crippen LogP contribution is 2.19. The number of nitrogens with zero attached hydrogens (tertiary/aromatic N) is 3. The van der Waals surface area contributed by atoms with Gasteiger partial charge in [0.1, 0.15) is 5.75 Å². The molecular formula is C20H35IN4O2. The number of guanidine groups is 1. The second kappa shape index (κ2) is 12.4. The summed E-state index contributed by atoms with van der Waals surface area (Å²) in [7, 11) is 5.60. The van der Waals surface area contributed by atoms with Crippen molar-refractivity contribution < 1.29 is 9.47 Å². The van der Waals surface area contributed by atoms with E-state index in [1.165, 1.54) is 0 Å². The van der Waals surface area contributed by atoms with Crippen LogP contribution in [0.15, 0.2) is 29.3 Å². The summed E-state index contributed by atoms with van der Waals surface area (Å²) in [5.74, 6) is 2.37. The number of para-hydroxylation sites is 1. The average molecular weight is 490 g/mol. The largest absolute Gasteiger partial charge is 0.496 e. The van der Waals surface area contributed by atoms with E-state index in [1.54, 1.807) is 7.11 Å². The van der Waals surface area contributed by atoms with Crippen LogP contribution in [0.3, 0.4) is 0 Å². The molecule has 1 aromatic carbocycles. The summed E-state index contributed by atoms with van der Waals surface area (Å²) in [5, 5.41) is 3.56. The molecular weight excluding hydrogens is 455 g/mol. The van der Waals surface area contributed by atoms with Crippen LogP contribution in [0.25, 0.3) is 0 Å². The van der Waals surface area contributed by atoms with Crippen molar-refractivity contribution in [3.63, 3.8) is 0 Å². The number of morpholine rings is 1. The Balaban J connectivity index is 0.00000364. The van der Waals surface area contributed by atoms with Gasteiger partial charge in [-0.2, -0.15) is 0 Å². The third-order valence-corrected chi connectivity index (χ3v) is 4.93. The minimum Gasteiger partial charge on any atom is -0.496 e. The van der Waals surface area contributed by atoms with Gasteiger partial charge in [-0.05, 0) is 12.0 Å². The van der Waals surface area contributed by atoms with Crippen LogP contribution in [0.1, 0.15) is 19.4 Å². The van der Waals surface area contributed by atoms with Crippen LogP contribution in [0.4, 0.5) is 0 Å². The number of halogens is 1. The number of rotatable bonds is 7. The van der Waals surface area contributed by atoms with Gasteiger partial charge < -0.3 is 19.7 Å². The van der Waals surface area contributed by atoms with Gasteiger partial charge in [-0.25, -0.2) is 0 Å². The fourth-order valence-electron chi connectivity index (χ4n) is 3.44. The van der Waals surface area contributed by atoms with Crippen LogP contribution >= 0.6 is 24.0 Å². The fourth-order valence-corrected chi connectivity index (χ4v) is 3.44. The first kappa shape index (κ1) is 24.0. The molecule has 0 amide bonds. The predicted octanol–water partition coefficient (Wildman–Crippen LogP) is 2.68. The number of ether oxygens (including phenoxy) is 2. The summed E-state index contributed by atoms with van der Waals surface area (Å²) >= 11 is 0. The predicted molar refractivity (Wildman–Crippen MR) is 122 cm³/mol. The maximum absolute atomic E-state index is 5.50. The fraction of sp³-hybridized carbons (Fsp3) is 0.650. The molecule has 1 atom stereocenters. The van der Waals surface area contributed by atoms with Crippen molar-refractivity contribution in [2.24, 2.45) is 10.9 Å². The number of hydrogen-bond acceptors (Lipinski definition) is 4. The van der Waals surface area contributed by atoms with E-state index in [4.69, 9.17) is 9.47 Å². The van der Waals surface area contributed by atoms with Gasteiger partial charge in [0.05, 0.1) is 20.3 Å². The number of nitrogens with one attached hydrogen (secondary N) is 1. The lowest BCUT2D eigenvalue weighted by atomic mass is 10.0. The van der Waals surface area contributed by atoms with E-state index in [0.29, 0.717) is 12.0 Å². The first-order valence-electron chi connectivity index (χ1n) is 9.42. The molecule has 7 heteroatoms. The van der Waals surface area contributed by atoms with Gasteiger partial charge in [-0.3, -0.25) is 9.89 Å². The van der Waals surface area contributed by atoms with Crippen molar-refractivity contribution >= 4 is 29.9 Å². The Labute approximate surface area is 181 Å². The molecule has 0 aromatic heterocycles. The van der Waals surface area contributed by atoms with Gasteiger partial charge in [0, 0.05) is 51.9 Å². The molecule has 2 rings (SSSR count). The summed E-state index contributed by atoms with van der Waals surface area (Å²) in [6.07, 6.45) is 0. The van der Waals surface area contributed by atoms with E-state index in [-0.39, 0.29) is 24.0 Å². The van der Waals surface area contributed by atoms with Crippen LogP contribution in [0.5, 0.6) is 5.75 Å². The zero-order chi connectivity index (χ0) is 18.9. The Hall–Kier alpha value is -1.06. The highest BCUT2D eigenvalue weighted by atomic mass is 127. The topological polar surface area (TPSA) is 49.3 Å². The maximum Gasteiger partial charge on any atom is 0.193 e. The molecule has 1 aromatic rings. The summed E-state index contributed by atoms with van der Waals surface area (Å²) < 4.78 is 11.0. The molecule has 0 bridgehead atoms. The SMILES string of the molecule is CN=C(NCC(C(C)C)N1CCOCC1)N(C)Cc1ccccc1OC.I. The Morgan fingerprint density at radius 1 is 1.30 bits per heavy atom. The Kier molecular flexibility index (Phi) is 11.0. The molecule has 27 heavy (non-hydrogen) atoms. The number of hydrogen-bond donors (Lipinski definition) is 1. The van der Waals surface area contributed by atoms with E-state index >= 15 is 0 Å². The lowest BCUT2D eigenvalue weighted by Gasteiger charge is -2.37. The lowest BCUT2D eigenvalue weighted by molar-refractivity contribution is 0.00741. The van der Waals surface area contributed by atoms with Gasteiger partial charge >= 0.3 is 0 Å². The Bertz CT molecular complexity index is 577. The van der Waals surface area contributed by atoms with Crippen LogP contribution in [0, 0.1) is 5.92 Å². The van der Waals surface area contributed by atoms with Gasteiger partial charge in [-0.15, -0.1) is 24.0 Å². The van der Waals surface area contributed by atoms with Gasteiger partial charge in [0.15, 0.2) is 5.96 Å². The van der Waals surface area contributed by atoms with E-state index < -0.39 is 0 Å². The highest BCUT2D eigenvalue weighted by Gasteiger charge is 2.24. The first-order chi connectivity index (χ1) is 12.6. The number of aliphatic imine (C=N–C) groups is 1. The van der Waals surface area contributed by atoms with Crippen molar-refractivity contribution in [3.8, 4) is 5.75 Å². The van der Waals surface area contributed by atoms with Crippen molar-refractivity contribution in [2.45, 2.75) is 26.4 Å². The Morgan fingerprint density at radius 3 is 2.56 bits per heavy atom. The third kappa shape index (κ3) is 7.12. The third-order valence-electron chi connectivity index (χ3n) is 4.93. The van der Waals surface area contributed by atoms with E-state index in [2.05, 4.69) is 47.1 Å². The van der Waals surface area contributed by atoms with Gasteiger partial charge in [0.25, 0.3) is 0 Å². The van der Waals surface area contributed by atoms with Crippen LogP contribution < -0.4 is 10.1 Å². The quantitative estimate of drug-likeness (QED) is 0.362. The molecule has 6 nitrogen and oxygen atoms in total. The highest BCUT2D eigenvalue weighted by molar-refractivity contribution is 14.0. The van der Waals surface area contributed by atoms with Crippen LogP contribution in [-0.4, -0.2) is 75.9 Å². The van der Waals surface area contributed by atoms with E-state index in [1.807, 2.05) is 25.2 Å². The molecule has 1 N–H and O–H groups in total. The summed E-state index contributed by atoms with van der Waals surface area (Å²) in [6, 6.07) is 8.58. The van der Waals surface area contributed by atoms with Crippen LogP contribution in [0.2, 0.25) is 0 Å². The van der Waals surface area contributed by atoms with E-state index in [0.717, 1.165) is 56.7 Å². The van der Waals surface area contributed by atoms with Crippen molar-refractivity contribution in [2.75, 3.05) is 54.1 Å². The second-order valence-electron chi connectivity index (χ2n) is 7.06. The molecule has 1 heterocycles. The van der Waals surface area contributed by atoms with Crippen molar-refractivity contribution in [1.29, 1.82) is 0 Å². The Morgan fingerprint density at radius 2 is 1.96 bits per heavy atom. The molecule has 0 spiro atoms. The smallest absolute Gasteiger partial charge is 0.193 e. The summed E-state index contributed by atoms with van der Waals surface area (Å²) in [4.78, 5) is 9.12. The molecule has 1 aliphatic heterocycles. The molecule has 154 valence electrons. The van der Waals surface area contributed by atoms with Gasteiger partial charge in [0.2, 0.25) is 0 Å². The van der Waals surface area contributed by atoms with Crippen molar-refractivity contribution in [3.05, 3.63) is 29.8 Å². The van der Waals surface area contributed by atoms with E-state index in [9.17, 15) is 0 Å². The minimum atomic E-state index is 0. The second-order valence-corrected chi connectivity index (χ2v) is 7.06. The standard InChI is InChI=1S/C20H34N4O2.HI/c1-16(2)18(24-10-12-26-13-11-24)14-22-20(21-3)23(4)15-17-8-6-7-9-19(17)25-5;/h6-9,16,18H,10-15H2,1-5H3,(H,21,22);1H. The number of benzene rings is 1.